The summed E-state index contributed by atoms with van der Waals surface area (Å²) in [4.78, 5) is 28.3. The Morgan fingerprint density at radius 1 is 1.07 bits per heavy atom. The van der Waals surface area contributed by atoms with Gasteiger partial charge in [-0.2, -0.15) is 0 Å². The first-order valence-corrected chi connectivity index (χ1v) is 9.75. The van der Waals surface area contributed by atoms with E-state index in [-0.39, 0.29) is 24.2 Å². The van der Waals surface area contributed by atoms with Gasteiger partial charge in [0.15, 0.2) is 0 Å². The number of carbonyl (C=O) groups is 2. The molecule has 2 aromatic rings. The molecule has 0 saturated carbocycles. The van der Waals surface area contributed by atoms with Gasteiger partial charge in [0.2, 0.25) is 11.8 Å². The van der Waals surface area contributed by atoms with Gasteiger partial charge in [-0.15, -0.1) is 0 Å². The van der Waals surface area contributed by atoms with Crippen LogP contribution in [0.2, 0.25) is 0 Å². The topological polar surface area (TPSA) is 61.9 Å². The highest BCUT2D eigenvalue weighted by Gasteiger charge is 2.22. The number of nitrogens with zero attached hydrogens (tertiary/aromatic N) is 2. The number of rotatable bonds is 7. The lowest BCUT2D eigenvalue weighted by molar-refractivity contribution is -0.133. The first kappa shape index (κ1) is 20.8. The molecule has 1 N–H and O–H groups in total. The third-order valence-electron chi connectivity index (χ3n) is 4.87. The van der Waals surface area contributed by atoms with Crippen molar-refractivity contribution in [1.82, 2.24) is 9.80 Å². The Morgan fingerprint density at radius 2 is 1.83 bits per heavy atom. The second-order valence-corrected chi connectivity index (χ2v) is 7.08. The summed E-state index contributed by atoms with van der Waals surface area (Å²) in [5, 5.41) is 2.69. The maximum absolute atomic E-state index is 13.2. The van der Waals surface area contributed by atoms with Crippen molar-refractivity contribution >= 4 is 17.5 Å². The highest BCUT2D eigenvalue weighted by molar-refractivity contribution is 5.92. The summed E-state index contributed by atoms with van der Waals surface area (Å²) in [6, 6.07) is 13.5. The van der Waals surface area contributed by atoms with Crippen molar-refractivity contribution in [3.8, 4) is 5.75 Å². The van der Waals surface area contributed by atoms with Crippen molar-refractivity contribution in [1.29, 1.82) is 0 Å². The van der Waals surface area contributed by atoms with Gasteiger partial charge in [0.25, 0.3) is 0 Å². The Kier molecular flexibility index (Phi) is 7.19. The van der Waals surface area contributed by atoms with Crippen molar-refractivity contribution in [3.05, 3.63) is 59.9 Å². The van der Waals surface area contributed by atoms with Crippen molar-refractivity contribution < 1.29 is 18.7 Å². The SMILES string of the molecule is Cc1ccccc1OCCC(=O)N1CCN(CC(=O)Nc2cccc(F)c2)CC1. The third-order valence-corrected chi connectivity index (χ3v) is 4.87. The number of halogens is 1. The van der Waals surface area contributed by atoms with Crippen LogP contribution >= 0.6 is 0 Å². The Morgan fingerprint density at radius 3 is 2.55 bits per heavy atom. The number of anilines is 1. The smallest absolute Gasteiger partial charge is 0.238 e. The second-order valence-electron chi connectivity index (χ2n) is 7.08. The molecule has 0 spiro atoms. The molecule has 1 aliphatic heterocycles. The fourth-order valence-corrected chi connectivity index (χ4v) is 3.25. The van der Waals surface area contributed by atoms with E-state index in [2.05, 4.69) is 5.32 Å². The first-order chi connectivity index (χ1) is 14.0. The van der Waals surface area contributed by atoms with Crippen LogP contribution in [0.4, 0.5) is 10.1 Å². The summed E-state index contributed by atoms with van der Waals surface area (Å²) in [5.41, 5.74) is 1.49. The Balaban J connectivity index is 1.36. The number of aryl methyl sites for hydroxylation is 1. The van der Waals surface area contributed by atoms with Crippen LogP contribution in [-0.2, 0) is 9.59 Å². The molecule has 1 heterocycles. The van der Waals surface area contributed by atoms with Crippen LogP contribution in [0.1, 0.15) is 12.0 Å². The molecule has 3 rings (SSSR count). The van der Waals surface area contributed by atoms with Crippen LogP contribution in [0.5, 0.6) is 5.75 Å². The lowest BCUT2D eigenvalue weighted by Crippen LogP contribution is -2.50. The molecule has 1 aliphatic rings. The van der Waals surface area contributed by atoms with Gasteiger partial charge in [0, 0.05) is 31.9 Å². The highest BCUT2D eigenvalue weighted by Crippen LogP contribution is 2.16. The number of benzene rings is 2. The van der Waals surface area contributed by atoms with Crippen LogP contribution in [0.3, 0.4) is 0 Å². The second kappa shape index (κ2) is 10.0. The number of amides is 2. The van der Waals surface area contributed by atoms with Gasteiger partial charge in [0.1, 0.15) is 11.6 Å². The van der Waals surface area contributed by atoms with E-state index >= 15 is 0 Å². The van der Waals surface area contributed by atoms with E-state index in [1.165, 1.54) is 12.1 Å². The number of carbonyl (C=O) groups excluding carboxylic acids is 2. The molecule has 0 bridgehead atoms. The molecule has 0 radical (unpaired) electrons. The molecule has 0 atom stereocenters. The molecule has 1 fully saturated rings. The average Bonchev–Trinajstić information content (AvgIpc) is 2.70. The zero-order chi connectivity index (χ0) is 20.6. The average molecular weight is 399 g/mol. The zero-order valence-corrected chi connectivity index (χ0v) is 16.6. The number of ether oxygens (including phenoxy) is 1. The molecule has 0 aliphatic carbocycles. The normalized spacial score (nSPS) is 14.5. The van der Waals surface area contributed by atoms with Crippen molar-refractivity contribution in [2.24, 2.45) is 0 Å². The van der Waals surface area contributed by atoms with Gasteiger partial charge in [-0.3, -0.25) is 14.5 Å². The van der Waals surface area contributed by atoms with E-state index in [1.54, 1.807) is 12.1 Å². The first-order valence-electron chi connectivity index (χ1n) is 9.75. The van der Waals surface area contributed by atoms with E-state index < -0.39 is 0 Å². The largest absolute Gasteiger partial charge is 0.493 e. The van der Waals surface area contributed by atoms with Gasteiger partial charge in [-0.05, 0) is 36.8 Å². The lowest BCUT2D eigenvalue weighted by atomic mass is 10.2. The lowest BCUT2D eigenvalue weighted by Gasteiger charge is -2.34. The van der Waals surface area contributed by atoms with Gasteiger partial charge in [-0.25, -0.2) is 4.39 Å². The number of nitrogens with one attached hydrogen (secondary N) is 1. The monoisotopic (exact) mass is 399 g/mol. The number of para-hydroxylation sites is 1. The fraction of sp³-hybridized carbons (Fsp3) is 0.364. The quantitative estimate of drug-likeness (QED) is 0.778. The molecule has 2 amide bonds. The van der Waals surface area contributed by atoms with Gasteiger partial charge in [0.05, 0.1) is 19.6 Å². The van der Waals surface area contributed by atoms with E-state index in [9.17, 15) is 14.0 Å². The number of hydrogen-bond donors (Lipinski definition) is 1. The van der Waals surface area contributed by atoms with Crippen molar-refractivity contribution in [2.75, 3.05) is 44.6 Å². The number of piperazine rings is 1. The van der Waals surface area contributed by atoms with E-state index in [0.717, 1.165) is 11.3 Å². The molecule has 0 aromatic heterocycles. The molecule has 154 valence electrons. The molecular formula is C22H26FN3O3. The molecule has 0 unspecified atom stereocenters. The van der Waals surface area contributed by atoms with E-state index in [1.807, 2.05) is 41.0 Å². The van der Waals surface area contributed by atoms with E-state index in [0.29, 0.717) is 44.9 Å². The summed E-state index contributed by atoms with van der Waals surface area (Å²) in [5.74, 6) is 0.278. The molecule has 29 heavy (non-hydrogen) atoms. The van der Waals surface area contributed by atoms with Gasteiger partial charge in [-0.1, -0.05) is 24.3 Å². The summed E-state index contributed by atoms with van der Waals surface area (Å²) in [6.45, 7) is 4.95. The van der Waals surface area contributed by atoms with Crippen LogP contribution < -0.4 is 10.1 Å². The van der Waals surface area contributed by atoms with E-state index in [4.69, 9.17) is 4.74 Å². The molecule has 7 heteroatoms. The van der Waals surface area contributed by atoms with Crippen molar-refractivity contribution in [3.63, 3.8) is 0 Å². The minimum Gasteiger partial charge on any atom is -0.493 e. The highest BCUT2D eigenvalue weighted by atomic mass is 19.1. The Bertz CT molecular complexity index is 851. The Labute approximate surface area is 170 Å². The summed E-state index contributed by atoms with van der Waals surface area (Å²) in [6.07, 6.45) is 0.328. The third kappa shape index (κ3) is 6.29. The summed E-state index contributed by atoms with van der Waals surface area (Å²) >= 11 is 0. The molecule has 1 saturated heterocycles. The van der Waals surface area contributed by atoms with Gasteiger partial charge < -0.3 is 15.0 Å². The Hall–Kier alpha value is -2.93. The summed E-state index contributed by atoms with van der Waals surface area (Å²) < 4.78 is 18.9. The predicted molar refractivity (Wildman–Crippen MR) is 109 cm³/mol. The zero-order valence-electron chi connectivity index (χ0n) is 16.6. The van der Waals surface area contributed by atoms with Crippen LogP contribution in [0.25, 0.3) is 0 Å². The van der Waals surface area contributed by atoms with Crippen LogP contribution in [0.15, 0.2) is 48.5 Å². The molecule has 6 nitrogen and oxygen atoms in total. The molecular weight excluding hydrogens is 373 g/mol. The maximum atomic E-state index is 13.2. The predicted octanol–water partition coefficient (Wildman–Crippen LogP) is 2.69. The van der Waals surface area contributed by atoms with Crippen molar-refractivity contribution in [2.45, 2.75) is 13.3 Å². The number of hydrogen-bond acceptors (Lipinski definition) is 4. The minimum atomic E-state index is -0.388. The molecule has 2 aromatic carbocycles. The maximum Gasteiger partial charge on any atom is 0.238 e. The minimum absolute atomic E-state index is 0.0578. The van der Waals surface area contributed by atoms with Crippen LogP contribution in [0, 0.1) is 12.7 Å². The standard InChI is InChI=1S/C22H26FN3O3/c1-17-5-2-3-8-20(17)29-14-9-22(28)26-12-10-25(11-13-26)16-21(27)24-19-7-4-6-18(23)15-19/h2-8,15H,9-14,16H2,1H3,(H,24,27). The summed E-state index contributed by atoms with van der Waals surface area (Å²) in [7, 11) is 0. The fourth-order valence-electron chi connectivity index (χ4n) is 3.25. The van der Waals surface area contributed by atoms with Gasteiger partial charge >= 0.3 is 0 Å². The van der Waals surface area contributed by atoms with Crippen LogP contribution in [-0.4, -0.2) is 60.9 Å².